The zero-order valence-corrected chi connectivity index (χ0v) is 12.6. The first-order chi connectivity index (χ1) is 10.6. The molecule has 2 aliphatic carbocycles. The molecule has 114 valence electrons. The third kappa shape index (κ3) is 2.49. The molecule has 1 aromatic rings. The van der Waals surface area contributed by atoms with Crippen LogP contribution >= 0.6 is 11.6 Å². The second-order valence-corrected chi connectivity index (χ2v) is 5.78. The van der Waals surface area contributed by atoms with Crippen LogP contribution in [0.4, 0.5) is 0 Å². The van der Waals surface area contributed by atoms with E-state index in [2.05, 4.69) is 5.32 Å². The van der Waals surface area contributed by atoms with Crippen LogP contribution in [0.15, 0.2) is 48.2 Å². The Kier molecular flexibility index (Phi) is 4.14. The number of benzene rings is 1. The molecule has 0 saturated heterocycles. The number of aliphatic hydroxyl groups is 1. The number of aliphatic hydroxyl groups excluding tert-OH is 1. The number of hydrogen-bond donors (Lipinski definition) is 2. The summed E-state index contributed by atoms with van der Waals surface area (Å²) < 4.78 is 0. The summed E-state index contributed by atoms with van der Waals surface area (Å²) in [5, 5.41) is 12.6. The van der Waals surface area contributed by atoms with Crippen molar-refractivity contribution in [1.29, 1.82) is 0 Å². The Bertz CT molecular complexity index is 680. The number of fused-ring (bicyclic) bond motifs is 2. The highest BCUT2D eigenvalue weighted by Gasteiger charge is 2.42. The van der Waals surface area contributed by atoms with Gasteiger partial charge in [-0.15, -0.1) is 11.6 Å². The van der Waals surface area contributed by atoms with Gasteiger partial charge in [0.05, 0.1) is 23.8 Å². The van der Waals surface area contributed by atoms with Crippen molar-refractivity contribution in [2.24, 2.45) is 11.8 Å². The molecule has 3 atom stereocenters. The molecular weight excluding hydrogens is 302 g/mol. The highest BCUT2D eigenvalue weighted by atomic mass is 35.5. The molecule has 0 radical (unpaired) electrons. The van der Waals surface area contributed by atoms with Gasteiger partial charge in [-0.2, -0.15) is 0 Å². The fraction of sp³-hybridized carbons (Fsp3) is 0.294. The Labute approximate surface area is 133 Å². The van der Waals surface area contributed by atoms with Gasteiger partial charge in [0.25, 0.3) is 0 Å². The fourth-order valence-electron chi connectivity index (χ4n) is 2.95. The molecule has 0 fully saturated rings. The molecule has 0 unspecified atom stereocenters. The Balaban J connectivity index is 1.92. The van der Waals surface area contributed by atoms with E-state index in [-0.39, 0.29) is 24.0 Å². The summed E-state index contributed by atoms with van der Waals surface area (Å²) in [5.74, 6) is -1.02. The maximum Gasteiger partial charge on any atom is 0.173 e. The zero-order chi connectivity index (χ0) is 15.7. The maximum atomic E-state index is 12.8. The molecule has 0 bridgehead atoms. The molecule has 0 amide bonds. The van der Waals surface area contributed by atoms with E-state index in [0.29, 0.717) is 16.8 Å². The van der Waals surface area contributed by atoms with Crippen molar-refractivity contribution in [1.82, 2.24) is 5.32 Å². The lowest BCUT2D eigenvalue weighted by Crippen LogP contribution is -2.42. The van der Waals surface area contributed by atoms with Gasteiger partial charge in [-0.1, -0.05) is 36.4 Å². The number of alkyl halides is 1. The van der Waals surface area contributed by atoms with Crippen LogP contribution in [-0.4, -0.2) is 35.2 Å². The number of carbonyl (C=O) groups excluding carboxylic acids is 2. The van der Waals surface area contributed by atoms with Crippen LogP contribution in [0.3, 0.4) is 0 Å². The molecule has 22 heavy (non-hydrogen) atoms. The normalized spacial score (nSPS) is 24.4. The predicted octanol–water partition coefficient (Wildman–Crippen LogP) is 1.94. The third-order valence-corrected chi connectivity index (χ3v) is 4.41. The molecular formula is C17H16ClNO3. The van der Waals surface area contributed by atoms with Gasteiger partial charge in [0.15, 0.2) is 11.6 Å². The molecule has 5 heteroatoms. The van der Waals surface area contributed by atoms with Crippen LogP contribution in [0.25, 0.3) is 0 Å². The maximum absolute atomic E-state index is 12.8. The second-order valence-electron chi connectivity index (χ2n) is 5.47. The summed E-state index contributed by atoms with van der Waals surface area (Å²) in [5.41, 5.74) is 1.61. The van der Waals surface area contributed by atoms with Crippen molar-refractivity contribution in [3.05, 3.63) is 59.3 Å². The second kappa shape index (κ2) is 6.07. The topological polar surface area (TPSA) is 66.4 Å². The third-order valence-electron chi connectivity index (χ3n) is 4.05. The summed E-state index contributed by atoms with van der Waals surface area (Å²) >= 11 is 5.58. The molecule has 3 rings (SSSR count). The number of Topliss-reactive ketones (excluding diaryl/α,β-unsaturated/α-hetero) is 2. The zero-order valence-electron chi connectivity index (χ0n) is 11.8. The highest BCUT2D eigenvalue weighted by Crippen LogP contribution is 2.36. The molecule has 0 aliphatic heterocycles. The summed E-state index contributed by atoms with van der Waals surface area (Å²) in [6.07, 6.45) is 4.62. The van der Waals surface area contributed by atoms with Crippen molar-refractivity contribution in [2.75, 3.05) is 12.4 Å². The molecule has 4 nitrogen and oxygen atoms in total. The Morgan fingerprint density at radius 2 is 1.86 bits per heavy atom. The molecule has 1 aromatic carbocycles. The molecule has 0 aromatic heterocycles. The Morgan fingerprint density at radius 1 is 1.18 bits per heavy atom. The number of halogens is 1. The number of allylic oxidation sites excluding steroid dienone is 4. The number of carbonyl (C=O) groups is 2. The summed E-state index contributed by atoms with van der Waals surface area (Å²) in [7, 11) is 0. The fourth-order valence-corrected chi connectivity index (χ4v) is 3.06. The first kappa shape index (κ1) is 15.0. The molecule has 0 spiro atoms. The van der Waals surface area contributed by atoms with Crippen molar-refractivity contribution in [3.63, 3.8) is 0 Å². The van der Waals surface area contributed by atoms with Crippen molar-refractivity contribution in [3.8, 4) is 0 Å². The minimum atomic E-state index is -0.700. The van der Waals surface area contributed by atoms with Gasteiger partial charge in [-0.05, 0) is 6.08 Å². The van der Waals surface area contributed by atoms with E-state index in [9.17, 15) is 14.7 Å². The minimum absolute atomic E-state index is 0.0401. The molecule has 0 heterocycles. The average molecular weight is 318 g/mol. The van der Waals surface area contributed by atoms with Crippen LogP contribution in [0, 0.1) is 11.8 Å². The summed E-state index contributed by atoms with van der Waals surface area (Å²) in [4.78, 5) is 25.4. The van der Waals surface area contributed by atoms with Crippen LogP contribution in [0.1, 0.15) is 20.7 Å². The predicted molar refractivity (Wildman–Crippen MR) is 84.0 cm³/mol. The van der Waals surface area contributed by atoms with E-state index in [0.717, 1.165) is 0 Å². The Morgan fingerprint density at radius 3 is 2.55 bits per heavy atom. The van der Waals surface area contributed by atoms with Crippen molar-refractivity contribution in [2.45, 2.75) is 6.10 Å². The lowest BCUT2D eigenvalue weighted by Gasteiger charge is -2.33. The minimum Gasteiger partial charge on any atom is -0.390 e. The van der Waals surface area contributed by atoms with Crippen molar-refractivity contribution < 1.29 is 14.7 Å². The molecule has 0 saturated carbocycles. The molecule has 2 aliphatic rings. The summed E-state index contributed by atoms with van der Waals surface area (Å²) in [6.45, 7) is 0.246. The van der Waals surface area contributed by atoms with Crippen LogP contribution in [-0.2, 0) is 0 Å². The number of rotatable bonds is 4. The standard InChI is InChI=1S/C17H16ClNO3/c18-8-10(20)9-19-14-7-3-6-13-15(14)17(22)12-5-2-1-4-11(12)16(13)21/h1-7,10,13,15,19-20H,8-9H2/t10-,13+,15+/m1/s1. The van der Waals surface area contributed by atoms with E-state index in [1.807, 2.05) is 0 Å². The lowest BCUT2D eigenvalue weighted by atomic mass is 9.71. The van der Waals surface area contributed by atoms with E-state index >= 15 is 0 Å². The first-order valence-corrected chi connectivity index (χ1v) is 7.70. The van der Waals surface area contributed by atoms with Gasteiger partial charge in [0, 0.05) is 23.4 Å². The van der Waals surface area contributed by atoms with Gasteiger partial charge in [-0.25, -0.2) is 0 Å². The first-order valence-electron chi connectivity index (χ1n) is 7.17. The van der Waals surface area contributed by atoms with E-state index in [4.69, 9.17) is 11.6 Å². The van der Waals surface area contributed by atoms with Gasteiger partial charge < -0.3 is 10.4 Å². The van der Waals surface area contributed by atoms with Gasteiger partial charge >= 0.3 is 0 Å². The Hall–Kier alpha value is -1.91. The SMILES string of the molecule is O=C1c2ccccc2C(=O)[C@H]2C=CC=C(NC[C@H](O)CCl)[C@@H]12. The van der Waals surface area contributed by atoms with Gasteiger partial charge in [0.2, 0.25) is 0 Å². The molecule has 2 N–H and O–H groups in total. The summed E-state index contributed by atoms with van der Waals surface area (Å²) in [6, 6.07) is 6.91. The van der Waals surface area contributed by atoms with Crippen LogP contribution in [0.5, 0.6) is 0 Å². The van der Waals surface area contributed by atoms with Crippen LogP contribution < -0.4 is 5.32 Å². The van der Waals surface area contributed by atoms with E-state index in [1.165, 1.54) is 0 Å². The smallest absolute Gasteiger partial charge is 0.173 e. The monoisotopic (exact) mass is 317 g/mol. The van der Waals surface area contributed by atoms with Crippen molar-refractivity contribution >= 4 is 23.2 Å². The van der Waals surface area contributed by atoms with E-state index < -0.39 is 17.9 Å². The van der Waals surface area contributed by atoms with E-state index in [1.54, 1.807) is 42.5 Å². The largest absolute Gasteiger partial charge is 0.390 e. The number of nitrogens with one attached hydrogen (secondary N) is 1. The highest BCUT2D eigenvalue weighted by molar-refractivity contribution is 6.18. The quantitative estimate of drug-likeness (QED) is 0.833. The number of hydrogen-bond acceptors (Lipinski definition) is 4. The number of ketones is 2. The van der Waals surface area contributed by atoms with Gasteiger partial charge in [-0.3, -0.25) is 9.59 Å². The lowest BCUT2D eigenvalue weighted by molar-refractivity contribution is 0.0787. The average Bonchev–Trinajstić information content (AvgIpc) is 2.57. The van der Waals surface area contributed by atoms with Gasteiger partial charge in [0.1, 0.15) is 0 Å². The van der Waals surface area contributed by atoms with Crippen LogP contribution in [0.2, 0.25) is 0 Å².